The van der Waals surface area contributed by atoms with Crippen LogP contribution in [0.5, 0.6) is 5.75 Å². The summed E-state index contributed by atoms with van der Waals surface area (Å²) in [7, 11) is 0. The van der Waals surface area contributed by atoms with Gasteiger partial charge in [0.2, 0.25) is 0 Å². The van der Waals surface area contributed by atoms with E-state index >= 15 is 0 Å². The van der Waals surface area contributed by atoms with Crippen LogP contribution in [0, 0.1) is 5.92 Å². The number of piperidine rings is 1. The van der Waals surface area contributed by atoms with E-state index in [9.17, 15) is 8.78 Å². The quantitative estimate of drug-likeness (QED) is 0.573. The Bertz CT molecular complexity index is 740. The van der Waals surface area contributed by atoms with Gasteiger partial charge in [-0.25, -0.2) is 4.98 Å². The minimum atomic E-state index is -2.88. The lowest BCUT2D eigenvalue weighted by Crippen LogP contribution is -2.36. The Morgan fingerprint density at radius 2 is 2.23 bits per heavy atom. The maximum atomic E-state index is 12.7. The van der Waals surface area contributed by atoms with Gasteiger partial charge in [-0.3, -0.25) is 4.90 Å². The number of ether oxygens (including phenoxy) is 1. The molecule has 0 amide bonds. The number of aromatic nitrogens is 1. The molecule has 1 aromatic heterocycles. The van der Waals surface area contributed by atoms with Gasteiger partial charge in [0.15, 0.2) is 0 Å². The first kappa shape index (κ1) is 19.5. The van der Waals surface area contributed by atoms with Crippen LogP contribution in [0.15, 0.2) is 24.4 Å². The SMILES string of the molecule is CCC(c1cnc(-c2cc(Cl)ccc2OC(F)F)s1)N1CCCC(C)C1. The standard InChI is InChI=1S/C19H23ClF2N2OS/c1-3-15(24-8-4-5-12(2)11-24)17-10-23-18(26-17)14-9-13(20)6-7-16(14)25-19(21)22/h6-7,9-10,12,15,19H,3-5,8,11H2,1-2H3. The molecule has 2 atom stereocenters. The van der Waals surface area contributed by atoms with E-state index in [1.165, 1.54) is 30.2 Å². The molecule has 0 saturated carbocycles. The Balaban J connectivity index is 1.88. The zero-order valence-corrected chi connectivity index (χ0v) is 16.5. The molecule has 142 valence electrons. The van der Waals surface area contributed by atoms with Crippen LogP contribution in [0.2, 0.25) is 5.02 Å². The molecule has 1 aliphatic rings. The number of hydrogen-bond donors (Lipinski definition) is 0. The van der Waals surface area contributed by atoms with Crippen molar-refractivity contribution in [3.63, 3.8) is 0 Å². The summed E-state index contributed by atoms with van der Waals surface area (Å²) < 4.78 is 30.1. The van der Waals surface area contributed by atoms with Crippen LogP contribution in [0.4, 0.5) is 8.78 Å². The van der Waals surface area contributed by atoms with E-state index in [0.717, 1.165) is 24.4 Å². The minimum Gasteiger partial charge on any atom is -0.434 e. The third kappa shape index (κ3) is 4.53. The van der Waals surface area contributed by atoms with E-state index in [0.29, 0.717) is 27.6 Å². The van der Waals surface area contributed by atoms with Crippen molar-refractivity contribution in [2.45, 2.75) is 45.8 Å². The number of benzene rings is 1. The van der Waals surface area contributed by atoms with E-state index in [-0.39, 0.29) is 5.75 Å². The number of hydrogen-bond acceptors (Lipinski definition) is 4. The molecule has 0 bridgehead atoms. The number of thiazole rings is 1. The highest BCUT2D eigenvalue weighted by Crippen LogP contribution is 2.39. The van der Waals surface area contributed by atoms with Crippen molar-refractivity contribution in [1.82, 2.24) is 9.88 Å². The van der Waals surface area contributed by atoms with Gasteiger partial charge in [-0.05, 0) is 49.9 Å². The molecule has 7 heteroatoms. The molecule has 0 radical (unpaired) electrons. The molecular weight excluding hydrogens is 378 g/mol. The van der Waals surface area contributed by atoms with Crippen molar-refractivity contribution in [3.05, 3.63) is 34.3 Å². The van der Waals surface area contributed by atoms with Crippen molar-refractivity contribution >= 4 is 22.9 Å². The summed E-state index contributed by atoms with van der Waals surface area (Å²) in [6.45, 7) is 3.76. The number of rotatable bonds is 6. The Morgan fingerprint density at radius 1 is 1.42 bits per heavy atom. The van der Waals surface area contributed by atoms with Crippen LogP contribution in [0.3, 0.4) is 0 Å². The zero-order chi connectivity index (χ0) is 18.7. The summed E-state index contributed by atoms with van der Waals surface area (Å²) in [5.41, 5.74) is 0.510. The number of likely N-dealkylation sites (tertiary alicyclic amines) is 1. The largest absolute Gasteiger partial charge is 0.434 e. The van der Waals surface area contributed by atoms with Crippen LogP contribution in [0.25, 0.3) is 10.6 Å². The zero-order valence-electron chi connectivity index (χ0n) is 14.9. The van der Waals surface area contributed by atoms with Crippen LogP contribution in [-0.2, 0) is 0 Å². The summed E-state index contributed by atoms with van der Waals surface area (Å²) in [6, 6.07) is 4.95. The summed E-state index contributed by atoms with van der Waals surface area (Å²) in [5.74, 6) is 0.800. The first-order valence-electron chi connectivity index (χ1n) is 8.92. The van der Waals surface area contributed by atoms with Crippen molar-refractivity contribution in [2.75, 3.05) is 13.1 Å². The topological polar surface area (TPSA) is 25.4 Å². The number of alkyl halides is 2. The second-order valence-corrected chi connectivity index (χ2v) is 8.25. The van der Waals surface area contributed by atoms with Gasteiger partial charge in [0.25, 0.3) is 0 Å². The van der Waals surface area contributed by atoms with Crippen molar-refractivity contribution in [3.8, 4) is 16.3 Å². The van der Waals surface area contributed by atoms with Gasteiger partial charge in [-0.15, -0.1) is 11.3 Å². The normalized spacial score (nSPS) is 19.7. The Labute approximate surface area is 161 Å². The van der Waals surface area contributed by atoms with Gasteiger partial charge in [0.05, 0.1) is 5.56 Å². The van der Waals surface area contributed by atoms with Crippen molar-refractivity contribution < 1.29 is 13.5 Å². The molecule has 1 saturated heterocycles. The van der Waals surface area contributed by atoms with E-state index in [4.69, 9.17) is 11.6 Å². The Morgan fingerprint density at radius 3 is 2.92 bits per heavy atom. The van der Waals surface area contributed by atoms with E-state index in [2.05, 4.69) is 28.5 Å². The predicted octanol–water partition coefficient (Wildman–Crippen LogP) is 6.25. The van der Waals surface area contributed by atoms with Crippen LogP contribution >= 0.6 is 22.9 Å². The summed E-state index contributed by atoms with van der Waals surface area (Å²) in [4.78, 5) is 8.15. The van der Waals surface area contributed by atoms with Crippen molar-refractivity contribution in [1.29, 1.82) is 0 Å². The molecule has 2 unspecified atom stereocenters. The molecule has 1 aliphatic heterocycles. The smallest absolute Gasteiger partial charge is 0.387 e. The molecule has 2 aromatic rings. The first-order valence-corrected chi connectivity index (χ1v) is 10.1. The molecule has 0 aliphatic carbocycles. The van der Waals surface area contributed by atoms with Gasteiger partial charge < -0.3 is 4.74 Å². The first-order chi connectivity index (χ1) is 12.5. The average molecular weight is 401 g/mol. The Kier molecular flexibility index (Phi) is 6.48. The lowest BCUT2D eigenvalue weighted by atomic mass is 9.98. The highest BCUT2D eigenvalue weighted by atomic mass is 35.5. The Hall–Kier alpha value is -1.24. The number of nitrogens with zero attached hydrogens (tertiary/aromatic N) is 2. The maximum absolute atomic E-state index is 12.7. The van der Waals surface area contributed by atoms with E-state index in [1.807, 2.05) is 6.20 Å². The number of halogens is 3. The molecule has 0 spiro atoms. The average Bonchev–Trinajstić information content (AvgIpc) is 3.06. The highest BCUT2D eigenvalue weighted by molar-refractivity contribution is 7.15. The lowest BCUT2D eigenvalue weighted by molar-refractivity contribution is -0.0494. The van der Waals surface area contributed by atoms with Gasteiger partial charge >= 0.3 is 6.61 Å². The fourth-order valence-corrected chi connectivity index (χ4v) is 4.91. The van der Waals surface area contributed by atoms with Gasteiger partial charge in [0, 0.05) is 28.7 Å². The monoisotopic (exact) mass is 400 g/mol. The third-order valence-electron chi connectivity index (χ3n) is 4.76. The lowest BCUT2D eigenvalue weighted by Gasteiger charge is -2.36. The van der Waals surface area contributed by atoms with Crippen molar-refractivity contribution in [2.24, 2.45) is 5.92 Å². The van der Waals surface area contributed by atoms with Crippen LogP contribution < -0.4 is 4.74 Å². The maximum Gasteiger partial charge on any atom is 0.387 e. The van der Waals surface area contributed by atoms with Gasteiger partial charge in [0.1, 0.15) is 10.8 Å². The second kappa shape index (κ2) is 8.63. The fourth-order valence-electron chi connectivity index (χ4n) is 3.58. The molecule has 3 nitrogen and oxygen atoms in total. The third-order valence-corrected chi connectivity index (χ3v) is 6.12. The predicted molar refractivity (Wildman–Crippen MR) is 102 cm³/mol. The van der Waals surface area contributed by atoms with E-state index < -0.39 is 6.61 Å². The minimum absolute atomic E-state index is 0.102. The van der Waals surface area contributed by atoms with Gasteiger partial charge in [-0.1, -0.05) is 25.4 Å². The second-order valence-electron chi connectivity index (χ2n) is 6.75. The molecule has 3 rings (SSSR count). The fraction of sp³-hybridized carbons (Fsp3) is 0.526. The van der Waals surface area contributed by atoms with Crippen LogP contribution in [0.1, 0.15) is 44.0 Å². The molecule has 26 heavy (non-hydrogen) atoms. The molecular formula is C19H23ClF2N2OS. The molecule has 1 fully saturated rings. The molecule has 2 heterocycles. The van der Waals surface area contributed by atoms with Gasteiger partial charge in [-0.2, -0.15) is 8.78 Å². The summed E-state index contributed by atoms with van der Waals surface area (Å²) >= 11 is 7.59. The molecule has 0 N–H and O–H groups in total. The van der Waals surface area contributed by atoms with Crippen LogP contribution in [-0.4, -0.2) is 29.6 Å². The highest BCUT2D eigenvalue weighted by Gasteiger charge is 2.26. The summed E-state index contributed by atoms with van der Waals surface area (Å²) in [6.07, 6.45) is 5.34. The van der Waals surface area contributed by atoms with E-state index in [1.54, 1.807) is 12.1 Å². The summed E-state index contributed by atoms with van der Waals surface area (Å²) in [5, 5.41) is 1.12. The molecule has 1 aromatic carbocycles.